The summed E-state index contributed by atoms with van der Waals surface area (Å²) in [6, 6.07) is 11.7. The fourth-order valence-electron chi connectivity index (χ4n) is 2.27. The second kappa shape index (κ2) is 8.68. The largest absolute Gasteiger partial charge is 0.465 e. The maximum Gasteiger partial charge on any atom is 0.337 e. The van der Waals surface area contributed by atoms with Gasteiger partial charge in [0.25, 0.3) is 15.9 Å². The molecule has 2 aromatic rings. The number of ether oxygens (including phenoxy) is 1. The lowest BCUT2D eigenvalue weighted by atomic mass is 10.1. The lowest BCUT2D eigenvalue weighted by Crippen LogP contribution is -2.32. The van der Waals surface area contributed by atoms with Crippen molar-refractivity contribution in [2.24, 2.45) is 0 Å². The lowest BCUT2D eigenvalue weighted by molar-refractivity contribution is 0.0600. The Morgan fingerprint density at radius 2 is 1.70 bits per heavy atom. The average Bonchev–Trinajstić information content (AvgIpc) is 2.67. The van der Waals surface area contributed by atoms with Crippen LogP contribution in [0.1, 0.15) is 41.0 Å². The predicted octanol–water partition coefficient (Wildman–Crippen LogP) is 2.80. The number of nitrogens with one attached hydrogen (secondary N) is 2. The summed E-state index contributed by atoms with van der Waals surface area (Å²) < 4.78 is 32.3. The molecule has 0 aliphatic carbocycles. The molecule has 2 rings (SSSR count). The van der Waals surface area contributed by atoms with E-state index in [1.165, 1.54) is 37.4 Å². The highest BCUT2D eigenvalue weighted by molar-refractivity contribution is 7.92. The Balaban J connectivity index is 2.28. The second-order valence-corrected chi connectivity index (χ2v) is 7.63. The first-order chi connectivity index (χ1) is 12.8. The molecule has 7 nitrogen and oxygen atoms in total. The molecule has 2 N–H and O–H groups in total. The predicted molar refractivity (Wildman–Crippen MR) is 102 cm³/mol. The van der Waals surface area contributed by atoms with Gasteiger partial charge in [0.15, 0.2) is 0 Å². The van der Waals surface area contributed by atoms with Gasteiger partial charge in [-0.1, -0.05) is 19.1 Å². The van der Waals surface area contributed by atoms with Crippen molar-refractivity contribution in [1.82, 2.24) is 5.32 Å². The van der Waals surface area contributed by atoms with Crippen molar-refractivity contribution >= 4 is 27.6 Å². The minimum Gasteiger partial charge on any atom is -0.465 e. The number of benzene rings is 2. The molecule has 0 fully saturated rings. The van der Waals surface area contributed by atoms with Gasteiger partial charge in [-0.05, 0) is 49.7 Å². The van der Waals surface area contributed by atoms with E-state index in [1.54, 1.807) is 18.2 Å². The summed E-state index contributed by atoms with van der Waals surface area (Å²) in [5.41, 5.74) is 0.646. The van der Waals surface area contributed by atoms with Gasteiger partial charge in [-0.2, -0.15) is 0 Å². The van der Waals surface area contributed by atoms with Crippen LogP contribution >= 0.6 is 0 Å². The minimum absolute atomic E-state index is 0.0342. The first-order valence-electron chi connectivity index (χ1n) is 8.39. The minimum atomic E-state index is -3.93. The molecule has 0 radical (unpaired) electrons. The molecule has 0 spiro atoms. The van der Waals surface area contributed by atoms with E-state index in [2.05, 4.69) is 14.8 Å². The number of sulfonamides is 1. The Labute approximate surface area is 158 Å². The number of anilines is 1. The van der Waals surface area contributed by atoms with Gasteiger partial charge >= 0.3 is 5.97 Å². The number of esters is 1. The Morgan fingerprint density at radius 1 is 1.07 bits per heavy atom. The quantitative estimate of drug-likeness (QED) is 0.708. The normalized spacial score (nSPS) is 12.1. The van der Waals surface area contributed by atoms with Crippen LogP contribution in [0.4, 0.5) is 5.69 Å². The molecule has 27 heavy (non-hydrogen) atoms. The SMILES string of the molecule is CCC(C)NC(=O)c1ccccc1NS(=O)(=O)c1ccc(C(=O)OC)cc1. The summed E-state index contributed by atoms with van der Waals surface area (Å²) in [6.45, 7) is 3.81. The first kappa shape index (κ1) is 20.4. The third-order valence-corrected chi connectivity index (χ3v) is 5.37. The van der Waals surface area contributed by atoms with Crippen molar-refractivity contribution in [1.29, 1.82) is 0 Å². The van der Waals surface area contributed by atoms with Gasteiger partial charge < -0.3 is 10.1 Å². The van der Waals surface area contributed by atoms with Gasteiger partial charge in [-0.15, -0.1) is 0 Å². The number of carbonyl (C=O) groups is 2. The number of carbonyl (C=O) groups excluding carboxylic acids is 2. The second-order valence-electron chi connectivity index (χ2n) is 5.95. The van der Waals surface area contributed by atoms with E-state index >= 15 is 0 Å². The number of amides is 1. The number of rotatable bonds is 7. The summed E-state index contributed by atoms with van der Waals surface area (Å²) in [4.78, 5) is 23.8. The van der Waals surface area contributed by atoms with E-state index in [4.69, 9.17) is 0 Å². The number of para-hydroxylation sites is 1. The van der Waals surface area contributed by atoms with Gasteiger partial charge in [0.1, 0.15) is 0 Å². The van der Waals surface area contributed by atoms with Crippen LogP contribution in [0.2, 0.25) is 0 Å². The van der Waals surface area contributed by atoms with Gasteiger partial charge in [-0.3, -0.25) is 9.52 Å². The van der Waals surface area contributed by atoms with Crippen LogP contribution < -0.4 is 10.0 Å². The zero-order valence-electron chi connectivity index (χ0n) is 15.4. The summed E-state index contributed by atoms with van der Waals surface area (Å²) in [7, 11) is -2.69. The van der Waals surface area contributed by atoms with E-state index in [0.717, 1.165) is 6.42 Å². The Bertz CT molecular complexity index is 923. The molecule has 0 saturated carbocycles. The molecule has 0 aliphatic heterocycles. The Kier molecular flexibility index (Phi) is 6.57. The van der Waals surface area contributed by atoms with Gasteiger partial charge in [0.05, 0.1) is 28.8 Å². The van der Waals surface area contributed by atoms with Crippen molar-refractivity contribution in [3.05, 3.63) is 59.7 Å². The smallest absolute Gasteiger partial charge is 0.337 e. The zero-order valence-corrected chi connectivity index (χ0v) is 16.2. The highest BCUT2D eigenvalue weighted by Gasteiger charge is 2.19. The van der Waals surface area contributed by atoms with E-state index in [9.17, 15) is 18.0 Å². The molecule has 0 bridgehead atoms. The van der Waals surface area contributed by atoms with Crippen LogP contribution in [0.5, 0.6) is 0 Å². The van der Waals surface area contributed by atoms with Crippen LogP contribution in [0.25, 0.3) is 0 Å². The topological polar surface area (TPSA) is 102 Å². The molecule has 1 unspecified atom stereocenters. The van der Waals surface area contributed by atoms with Crippen LogP contribution in [-0.2, 0) is 14.8 Å². The van der Waals surface area contributed by atoms with Crippen LogP contribution in [-0.4, -0.2) is 33.4 Å². The zero-order chi connectivity index (χ0) is 20.0. The highest BCUT2D eigenvalue weighted by Crippen LogP contribution is 2.21. The molecule has 2 aromatic carbocycles. The monoisotopic (exact) mass is 390 g/mol. The number of hydrogen-bond donors (Lipinski definition) is 2. The molecule has 0 aliphatic rings. The standard InChI is InChI=1S/C19H22N2O5S/c1-4-13(2)20-18(22)16-7-5-6-8-17(16)21-27(24,25)15-11-9-14(10-12-15)19(23)26-3/h5-13,21H,4H2,1-3H3,(H,20,22). The molecule has 0 aromatic heterocycles. The fourth-order valence-corrected chi connectivity index (χ4v) is 3.35. The fraction of sp³-hybridized carbons (Fsp3) is 0.263. The van der Waals surface area contributed by atoms with Gasteiger partial charge in [0.2, 0.25) is 0 Å². The van der Waals surface area contributed by atoms with Gasteiger partial charge in [0, 0.05) is 6.04 Å². The Morgan fingerprint density at radius 3 is 2.30 bits per heavy atom. The van der Waals surface area contributed by atoms with Crippen molar-refractivity contribution in [2.45, 2.75) is 31.2 Å². The first-order valence-corrected chi connectivity index (χ1v) is 9.88. The molecule has 8 heteroatoms. The summed E-state index contributed by atoms with van der Waals surface area (Å²) in [5.74, 6) is -0.914. The summed E-state index contributed by atoms with van der Waals surface area (Å²) >= 11 is 0. The number of hydrogen-bond acceptors (Lipinski definition) is 5. The Hall–Kier alpha value is -2.87. The lowest BCUT2D eigenvalue weighted by Gasteiger charge is -2.15. The maximum absolute atomic E-state index is 12.6. The van der Waals surface area contributed by atoms with Crippen LogP contribution in [0.3, 0.4) is 0 Å². The van der Waals surface area contributed by atoms with E-state index < -0.39 is 16.0 Å². The van der Waals surface area contributed by atoms with Crippen LogP contribution in [0, 0.1) is 0 Å². The third kappa shape index (κ3) is 5.07. The average molecular weight is 390 g/mol. The van der Waals surface area contributed by atoms with Crippen molar-refractivity contribution in [2.75, 3.05) is 11.8 Å². The molecular weight excluding hydrogens is 368 g/mol. The summed E-state index contributed by atoms with van der Waals surface area (Å²) in [6.07, 6.45) is 0.756. The van der Waals surface area contributed by atoms with Gasteiger partial charge in [-0.25, -0.2) is 13.2 Å². The van der Waals surface area contributed by atoms with E-state index in [-0.39, 0.29) is 33.7 Å². The molecule has 0 saturated heterocycles. The van der Waals surface area contributed by atoms with Crippen LogP contribution in [0.15, 0.2) is 53.4 Å². The molecule has 1 amide bonds. The van der Waals surface area contributed by atoms with Crippen molar-refractivity contribution < 1.29 is 22.7 Å². The van der Waals surface area contributed by atoms with E-state index in [1.807, 2.05) is 13.8 Å². The van der Waals surface area contributed by atoms with Crippen molar-refractivity contribution in [3.8, 4) is 0 Å². The molecule has 0 heterocycles. The third-order valence-electron chi connectivity index (χ3n) is 3.99. The maximum atomic E-state index is 12.6. The number of methoxy groups -OCH3 is 1. The molecule has 1 atom stereocenters. The van der Waals surface area contributed by atoms with E-state index in [0.29, 0.717) is 0 Å². The molecular formula is C19H22N2O5S. The van der Waals surface area contributed by atoms with Crippen molar-refractivity contribution in [3.63, 3.8) is 0 Å². The molecule has 144 valence electrons. The summed E-state index contributed by atoms with van der Waals surface area (Å²) in [5, 5.41) is 2.81. The highest BCUT2D eigenvalue weighted by atomic mass is 32.2.